The third-order valence-corrected chi connectivity index (χ3v) is 3.49. The molecular weight excluding hydrogens is 306 g/mol. The predicted molar refractivity (Wildman–Crippen MR) is 66.1 cm³/mol. The first-order valence-electron chi connectivity index (χ1n) is 5.23. The number of likely N-dealkylation sites (tertiary alicyclic amines) is 1. The maximum absolute atomic E-state index is 11.2. The first kappa shape index (κ1) is 12.7. The van der Waals surface area contributed by atoms with Gasteiger partial charge < -0.3 is 21.5 Å². The third kappa shape index (κ3) is 2.01. The van der Waals surface area contributed by atoms with Crippen LogP contribution in [-0.2, 0) is 0 Å². The summed E-state index contributed by atoms with van der Waals surface area (Å²) in [7, 11) is 0. The summed E-state index contributed by atoms with van der Waals surface area (Å²) in [5.74, 6) is -0.509. The number of anilines is 1. The van der Waals surface area contributed by atoms with E-state index in [0.717, 1.165) is 0 Å². The van der Waals surface area contributed by atoms with Crippen LogP contribution in [0.4, 0.5) is 10.6 Å². The molecule has 2 amide bonds. The molecule has 98 valence electrons. The molecule has 0 aliphatic carbocycles. The van der Waals surface area contributed by atoms with E-state index in [-0.39, 0.29) is 22.0 Å². The standard InChI is InChI=1S/C9H12BrN5O3/c10-6-5(8(12)16)7(11)15(13-6)4-1-2-14(3-4)9(17)18/h4H,1-3,11H2,(H2,12,16)(H,17,18). The number of aromatic nitrogens is 2. The summed E-state index contributed by atoms with van der Waals surface area (Å²) in [6, 6.07) is -0.175. The van der Waals surface area contributed by atoms with Gasteiger partial charge in [-0.2, -0.15) is 5.10 Å². The highest BCUT2D eigenvalue weighted by Crippen LogP contribution is 2.29. The van der Waals surface area contributed by atoms with Crippen molar-refractivity contribution in [2.24, 2.45) is 5.73 Å². The van der Waals surface area contributed by atoms with Crippen LogP contribution >= 0.6 is 15.9 Å². The van der Waals surface area contributed by atoms with E-state index in [1.807, 2.05) is 0 Å². The number of carboxylic acid groups (broad SMARTS) is 1. The summed E-state index contributed by atoms with van der Waals surface area (Å²) in [5, 5.41) is 13.0. The van der Waals surface area contributed by atoms with Gasteiger partial charge in [0, 0.05) is 13.1 Å². The lowest BCUT2D eigenvalue weighted by molar-refractivity contribution is 0.1000. The van der Waals surface area contributed by atoms with Crippen LogP contribution in [0, 0.1) is 0 Å². The Hall–Kier alpha value is -1.77. The number of carbonyl (C=O) groups excluding carboxylic acids is 1. The molecule has 18 heavy (non-hydrogen) atoms. The minimum atomic E-state index is -0.975. The number of rotatable bonds is 2. The van der Waals surface area contributed by atoms with Gasteiger partial charge in [0.25, 0.3) is 5.91 Å². The van der Waals surface area contributed by atoms with Gasteiger partial charge in [-0.15, -0.1) is 0 Å². The zero-order valence-electron chi connectivity index (χ0n) is 9.34. The number of hydrogen-bond donors (Lipinski definition) is 3. The Morgan fingerprint density at radius 3 is 2.61 bits per heavy atom. The zero-order chi connectivity index (χ0) is 13.4. The second kappa shape index (κ2) is 4.48. The Morgan fingerprint density at radius 1 is 1.50 bits per heavy atom. The molecule has 5 N–H and O–H groups in total. The van der Waals surface area contributed by atoms with Gasteiger partial charge in [-0.25, -0.2) is 9.48 Å². The summed E-state index contributed by atoms with van der Waals surface area (Å²) in [6.45, 7) is 0.717. The van der Waals surface area contributed by atoms with Crippen molar-refractivity contribution in [2.75, 3.05) is 18.8 Å². The van der Waals surface area contributed by atoms with E-state index in [1.165, 1.54) is 9.58 Å². The van der Waals surface area contributed by atoms with Gasteiger partial charge in [-0.05, 0) is 22.4 Å². The van der Waals surface area contributed by atoms with Crippen LogP contribution < -0.4 is 11.5 Å². The average Bonchev–Trinajstić information content (AvgIpc) is 2.83. The van der Waals surface area contributed by atoms with Crippen molar-refractivity contribution < 1.29 is 14.7 Å². The number of nitrogen functional groups attached to an aromatic ring is 1. The molecule has 0 radical (unpaired) electrons. The number of primary amides is 1. The van der Waals surface area contributed by atoms with Gasteiger partial charge in [-0.3, -0.25) is 4.79 Å². The fraction of sp³-hybridized carbons (Fsp3) is 0.444. The van der Waals surface area contributed by atoms with Crippen molar-refractivity contribution in [3.05, 3.63) is 10.2 Å². The summed E-state index contributed by atoms with van der Waals surface area (Å²) in [4.78, 5) is 23.3. The number of nitrogens with two attached hydrogens (primary N) is 2. The van der Waals surface area contributed by atoms with Gasteiger partial charge in [0.05, 0.1) is 6.04 Å². The fourth-order valence-corrected chi connectivity index (χ4v) is 2.61. The van der Waals surface area contributed by atoms with Crippen molar-refractivity contribution in [3.63, 3.8) is 0 Å². The van der Waals surface area contributed by atoms with Crippen LogP contribution in [0.5, 0.6) is 0 Å². The van der Waals surface area contributed by atoms with E-state index in [1.54, 1.807) is 0 Å². The first-order chi connectivity index (χ1) is 8.41. The zero-order valence-corrected chi connectivity index (χ0v) is 10.9. The second-order valence-corrected chi connectivity index (χ2v) is 4.78. The highest BCUT2D eigenvalue weighted by molar-refractivity contribution is 9.10. The Labute approximate surface area is 111 Å². The van der Waals surface area contributed by atoms with E-state index in [4.69, 9.17) is 16.6 Å². The molecule has 8 nitrogen and oxygen atoms in total. The summed E-state index contributed by atoms with van der Waals surface area (Å²) >= 11 is 3.12. The van der Waals surface area contributed by atoms with Crippen molar-refractivity contribution in [1.82, 2.24) is 14.7 Å². The maximum atomic E-state index is 11.2. The minimum absolute atomic E-state index is 0.128. The molecule has 1 atom stereocenters. The number of carbonyl (C=O) groups is 2. The molecular formula is C9H12BrN5O3. The number of amides is 2. The molecule has 1 aromatic rings. The number of nitrogens with zero attached hydrogens (tertiary/aromatic N) is 3. The maximum Gasteiger partial charge on any atom is 0.407 e. The predicted octanol–water partition coefficient (Wildman–Crippen LogP) is 0.251. The molecule has 1 saturated heterocycles. The molecule has 1 aromatic heterocycles. The second-order valence-electron chi connectivity index (χ2n) is 4.03. The monoisotopic (exact) mass is 317 g/mol. The van der Waals surface area contributed by atoms with Crippen LogP contribution in [0.2, 0.25) is 0 Å². The van der Waals surface area contributed by atoms with E-state index in [2.05, 4.69) is 21.0 Å². The minimum Gasteiger partial charge on any atom is -0.465 e. The van der Waals surface area contributed by atoms with Crippen LogP contribution in [0.1, 0.15) is 22.8 Å². The lowest BCUT2D eigenvalue weighted by Gasteiger charge is -2.13. The SMILES string of the molecule is NC(=O)c1c(Br)nn(C2CCN(C(=O)O)C2)c1N. The van der Waals surface area contributed by atoms with Crippen molar-refractivity contribution >= 4 is 33.7 Å². The molecule has 9 heteroatoms. The van der Waals surface area contributed by atoms with Crippen LogP contribution in [0.25, 0.3) is 0 Å². The smallest absolute Gasteiger partial charge is 0.407 e. The lowest BCUT2D eigenvalue weighted by atomic mass is 10.2. The van der Waals surface area contributed by atoms with Crippen LogP contribution in [0.15, 0.2) is 4.60 Å². The van der Waals surface area contributed by atoms with Crippen molar-refractivity contribution in [1.29, 1.82) is 0 Å². The van der Waals surface area contributed by atoms with Crippen molar-refractivity contribution in [2.45, 2.75) is 12.5 Å². The molecule has 0 spiro atoms. The van der Waals surface area contributed by atoms with Gasteiger partial charge in [-0.1, -0.05) is 0 Å². The first-order valence-corrected chi connectivity index (χ1v) is 6.02. The summed E-state index contributed by atoms with van der Waals surface area (Å²) in [6.07, 6.45) is -0.375. The summed E-state index contributed by atoms with van der Waals surface area (Å²) in [5.41, 5.74) is 11.1. The van der Waals surface area contributed by atoms with Gasteiger partial charge >= 0.3 is 6.09 Å². The Morgan fingerprint density at radius 2 is 2.17 bits per heavy atom. The normalized spacial score (nSPS) is 19.2. The molecule has 0 bridgehead atoms. The number of halogens is 1. The van der Waals surface area contributed by atoms with E-state index < -0.39 is 12.0 Å². The molecule has 2 heterocycles. The number of hydrogen-bond acceptors (Lipinski definition) is 4. The lowest BCUT2D eigenvalue weighted by Crippen LogP contribution is -2.27. The molecule has 1 fully saturated rings. The molecule has 1 aliphatic rings. The largest absolute Gasteiger partial charge is 0.465 e. The topological polar surface area (TPSA) is 127 Å². The highest BCUT2D eigenvalue weighted by atomic mass is 79.9. The highest BCUT2D eigenvalue weighted by Gasteiger charge is 2.31. The van der Waals surface area contributed by atoms with Gasteiger partial charge in [0.1, 0.15) is 16.0 Å². The van der Waals surface area contributed by atoms with E-state index >= 15 is 0 Å². The average molecular weight is 318 g/mol. The third-order valence-electron chi connectivity index (χ3n) is 2.93. The molecule has 2 rings (SSSR count). The molecule has 0 aromatic carbocycles. The Balaban J connectivity index is 2.28. The van der Waals surface area contributed by atoms with E-state index in [0.29, 0.717) is 19.5 Å². The Bertz CT molecular complexity index is 515. The summed E-state index contributed by atoms with van der Waals surface area (Å²) < 4.78 is 1.73. The quantitative estimate of drug-likeness (QED) is 0.720. The van der Waals surface area contributed by atoms with Crippen molar-refractivity contribution in [3.8, 4) is 0 Å². The van der Waals surface area contributed by atoms with Crippen LogP contribution in [-0.4, -0.2) is 44.9 Å². The Kier molecular flexibility index (Phi) is 3.16. The fourth-order valence-electron chi connectivity index (χ4n) is 2.04. The van der Waals surface area contributed by atoms with E-state index in [9.17, 15) is 9.59 Å². The molecule has 1 aliphatic heterocycles. The molecule has 0 saturated carbocycles. The molecule has 1 unspecified atom stereocenters. The van der Waals surface area contributed by atoms with Gasteiger partial charge in [0.2, 0.25) is 0 Å². The van der Waals surface area contributed by atoms with Gasteiger partial charge in [0.15, 0.2) is 0 Å². The van der Waals surface area contributed by atoms with Crippen LogP contribution in [0.3, 0.4) is 0 Å².